The fourth-order valence-electron chi connectivity index (χ4n) is 2.90. The lowest BCUT2D eigenvalue weighted by molar-refractivity contribution is -0.135. The Morgan fingerprint density at radius 3 is 2.48 bits per heavy atom. The summed E-state index contributed by atoms with van der Waals surface area (Å²) in [5, 5.41) is 5.56. The van der Waals surface area contributed by atoms with Gasteiger partial charge in [-0.15, -0.1) is 5.10 Å². The lowest BCUT2D eigenvalue weighted by Crippen LogP contribution is -2.25. The standard InChI is InChI=1S/C20H19IN2O6/c1-11(24)23-20(14-6-5-7-17(26-3)18(14)27-4)29-19(22-23)15-10-13(21)8-9-16(15)28-12(2)25/h5-10,20H,1-4H3/t20-/m0/s1. The lowest BCUT2D eigenvalue weighted by Gasteiger charge is -2.22. The van der Waals surface area contributed by atoms with Gasteiger partial charge in [-0.2, -0.15) is 5.01 Å². The van der Waals surface area contributed by atoms with Gasteiger partial charge in [0.15, 0.2) is 11.5 Å². The molecule has 1 amide bonds. The largest absolute Gasteiger partial charge is 0.493 e. The van der Waals surface area contributed by atoms with Crippen molar-refractivity contribution in [3.05, 3.63) is 51.1 Å². The quantitative estimate of drug-likeness (QED) is 0.348. The molecule has 0 radical (unpaired) electrons. The first-order chi connectivity index (χ1) is 13.8. The number of nitrogens with zero attached hydrogens (tertiary/aromatic N) is 2. The van der Waals surface area contributed by atoms with E-state index in [1.54, 1.807) is 36.4 Å². The zero-order chi connectivity index (χ0) is 21.1. The SMILES string of the molecule is COc1cccc([C@@H]2OC(c3cc(I)ccc3OC(C)=O)=NN2C(C)=O)c1OC. The first kappa shape index (κ1) is 20.9. The van der Waals surface area contributed by atoms with Crippen molar-refractivity contribution in [2.75, 3.05) is 14.2 Å². The van der Waals surface area contributed by atoms with Crippen molar-refractivity contribution >= 4 is 40.4 Å². The minimum Gasteiger partial charge on any atom is -0.493 e. The molecular formula is C20H19IN2O6. The topological polar surface area (TPSA) is 86.7 Å². The molecule has 0 unspecified atom stereocenters. The highest BCUT2D eigenvalue weighted by atomic mass is 127. The molecule has 0 aromatic heterocycles. The van der Waals surface area contributed by atoms with Crippen molar-refractivity contribution < 1.29 is 28.5 Å². The molecule has 1 aliphatic heterocycles. The Morgan fingerprint density at radius 1 is 1.10 bits per heavy atom. The second-order valence-electron chi connectivity index (χ2n) is 6.06. The van der Waals surface area contributed by atoms with Crippen LogP contribution in [0.3, 0.4) is 0 Å². The minimum absolute atomic E-state index is 0.157. The summed E-state index contributed by atoms with van der Waals surface area (Å²) >= 11 is 2.13. The van der Waals surface area contributed by atoms with Crippen molar-refractivity contribution in [3.63, 3.8) is 0 Å². The molecule has 0 N–H and O–H groups in total. The molecule has 0 fully saturated rings. The van der Waals surface area contributed by atoms with Gasteiger partial charge in [-0.3, -0.25) is 9.59 Å². The molecule has 1 atom stereocenters. The van der Waals surface area contributed by atoms with E-state index in [0.717, 1.165) is 3.57 Å². The number of benzene rings is 2. The van der Waals surface area contributed by atoms with E-state index in [-0.39, 0.29) is 11.8 Å². The zero-order valence-electron chi connectivity index (χ0n) is 16.3. The molecular weight excluding hydrogens is 491 g/mol. The van der Waals surface area contributed by atoms with E-state index in [4.69, 9.17) is 18.9 Å². The number of carbonyl (C=O) groups excluding carboxylic acids is 2. The third kappa shape index (κ3) is 4.29. The average Bonchev–Trinajstić information content (AvgIpc) is 3.13. The van der Waals surface area contributed by atoms with Crippen LogP contribution in [0.1, 0.15) is 31.2 Å². The maximum absolute atomic E-state index is 12.3. The highest BCUT2D eigenvalue weighted by Crippen LogP contribution is 2.41. The molecule has 1 heterocycles. The summed E-state index contributed by atoms with van der Waals surface area (Å²) in [6, 6.07) is 10.5. The van der Waals surface area contributed by atoms with E-state index in [9.17, 15) is 9.59 Å². The zero-order valence-corrected chi connectivity index (χ0v) is 18.4. The molecule has 8 nitrogen and oxygen atoms in total. The van der Waals surface area contributed by atoms with Crippen LogP contribution in [0, 0.1) is 3.57 Å². The third-order valence-corrected chi connectivity index (χ3v) is 4.76. The van der Waals surface area contributed by atoms with Crippen LogP contribution in [0.15, 0.2) is 41.5 Å². The first-order valence-corrected chi connectivity index (χ1v) is 9.67. The molecule has 29 heavy (non-hydrogen) atoms. The summed E-state index contributed by atoms with van der Waals surface area (Å²) in [4.78, 5) is 23.7. The Balaban J connectivity index is 2.07. The Kier molecular flexibility index (Phi) is 6.26. The van der Waals surface area contributed by atoms with Crippen LogP contribution < -0.4 is 14.2 Å². The van der Waals surface area contributed by atoms with Gasteiger partial charge >= 0.3 is 5.97 Å². The average molecular weight is 510 g/mol. The van der Waals surface area contributed by atoms with Crippen LogP contribution in [-0.2, 0) is 14.3 Å². The normalized spacial score (nSPS) is 15.4. The summed E-state index contributed by atoms with van der Waals surface area (Å²) < 4.78 is 23.0. The highest BCUT2D eigenvalue weighted by molar-refractivity contribution is 14.1. The number of hydrogen-bond donors (Lipinski definition) is 0. The van der Waals surface area contributed by atoms with Crippen LogP contribution in [0.5, 0.6) is 17.2 Å². The van der Waals surface area contributed by atoms with Crippen molar-refractivity contribution in [1.29, 1.82) is 0 Å². The number of para-hydroxylation sites is 1. The molecule has 2 aromatic rings. The fourth-order valence-corrected chi connectivity index (χ4v) is 3.39. The van der Waals surface area contributed by atoms with Gasteiger partial charge in [0.25, 0.3) is 0 Å². The molecule has 0 saturated heterocycles. The number of methoxy groups -OCH3 is 2. The monoisotopic (exact) mass is 510 g/mol. The molecule has 0 bridgehead atoms. The maximum Gasteiger partial charge on any atom is 0.308 e. The smallest absolute Gasteiger partial charge is 0.308 e. The van der Waals surface area contributed by atoms with Crippen LogP contribution in [0.2, 0.25) is 0 Å². The van der Waals surface area contributed by atoms with Gasteiger partial charge in [0, 0.05) is 17.4 Å². The first-order valence-electron chi connectivity index (χ1n) is 8.60. The van der Waals surface area contributed by atoms with Gasteiger partial charge in [0.1, 0.15) is 5.75 Å². The summed E-state index contributed by atoms with van der Waals surface area (Å²) in [7, 11) is 3.04. The van der Waals surface area contributed by atoms with Crippen molar-refractivity contribution in [1.82, 2.24) is 5.01 Å². The van der Waals surface area contributed by atoms with Gasteiger partial charge < -0.3 is 18.9 Å². The number of hydrogen-bond acceptors (Lipinski definition) is 7. The Labute approximate surface area is 181 Å². The number of amides is 1. The van der Waals surface area contributed by atoms with Gasteiger partial charge in [-0.25, -0.2) is 0 Å². The van der Waals surface area contributed by atoms with Gasteiger partial charge in [0.05, 0.1) is 25.3 Å². The van der Waals surface area contributed by atoms with Crippen LogP contribution >= 0.6 is 22.6 Å². The fraction of sp³-hybridized carbons (Fsp3) is 0.250. The number of halogens is 1. The summed E-state index contributed by atoms with van der Waals surface area (Å²) in [5.41, 5.74) is 1.03. The van der Waals surface area contributed by atoms with E-state index < -0.39 is 12.2 Å². The minimum atomic E-state index is -0.865. The van der Waals surface area contributed by atoms with Gasteiger partial charge in [-0.1, -0.05) is 6.07 Å². The van der Waals surface area contributed by atoms with Crippen LogP contribution in [0.25, 0.3) is 0 Å². The summed E-state index contributed by atoms with van der Waals surface area (Å²) in [6.45, 7) is 2.70. The second-order valence-corrected chi connectivity index (χ2v) is 7.30. The molecule has 0 aliphatic carbocycles. The van der Waals surface area contributed by atoms with E-state index in [1.165, 1.54) is 33.1 Å². The van der Waals surface area contributed by atoms with Crippen molar-refractivity contribution in [2.45, 2.75) is 20.1 Å². The van der Waals surface area contributed by atoms with Crippen LogP contribution in [-0.4, -0.2) is 37.0 Å². The Bertz CT molecular complexity index is 991. The predicted molar refractivity (Wildman–Crippen MR) is 113 cm³/mol. The molecule has 152 valence electrons. The number of rotatable bonds is 5. The molecule has 0 saturated carbocycles. The second kappa shape index (κ2) is 8.68. The number of carbonyl (C=O) groups is 2. The molecule has 3 rings (SSSR count). The van der Waals surface area contributed by atoms with Gasteiger partial charge in [-0.05, 0) is 52.9 Å². The number of ether oxygens (including phenoxy) is 4. The van der Waals surface area contributed by atoms with Crippen LogP contribution in [0.4, 0.5) is 0 Å². The molecule has 0 spiro atoms. The molecule has 1 aliphatic rings. The van der Waals surface area contributed by atoms with E-state index in [1.807, 2.05) is 0 Å². The van der Waals surface area contributed by atoms with Crippen molar-refractivity contribution in [3.8, 4) is 17.2 Å². The lowest BCUT2D eigenvalue weighted by atomic mass is 10.1. The van der Waals surface area contributed by atoms with E-state index in [0.29, 0.717) is 28.4 Å². The van der Waals surface area contributed by atoms with Gasteiger partial charge in [0.2, 0.25) is 18.0 Å². The number of esters is 1. The summed E-state index contributed by atoms with van der Waals surface area (Å²) in [6.07, 6.45) is -0.865. The molecule has 9 heteroatoms. The Hall–Kier alpha value is -2.82. The summed E-state index contributed by atoms with van der Waals surface area (Å²) in [5.74, 6) is 0.587. The predicted octanol–water partition coefficient (Wildman–Crippen LogP) is 3.47. The van der Waals surface area contributed by atoms with E-state index >= 15 is 0 Å². The number of hydrazone groups is 1. The molecule has 2 aromatic carbocycles. The van der Waals surface area contributed by atoms with Crippen molar-refractivity contribution in [2.24, 2.45) is 5.10 Å². The maximum atomic E-state index is 12.3. The highest BCUT2D eigenvalue weighted by Gasteiger charge is 2.37. The van der Waals surface area contributed by atoms with E-state index in [2.05, 4.69) is 27.7 Å². The third-order valence-electron chi connectivity index (χ3n) is 4.09. The Morgan fingerprint density at radius 2 is 1.86 bits per heavy atom.